The van der Waals surface area contributed by atoms with Crippen LogP contribution >= 0.6 is 11.3 Å². The number of carbonyl (C=O) groups excluding carboxylic acids is 1. The first-order valence-electron chi connectivity index (χ1n) is 3.66. The molecule has 0 N–H and O–H groups in total. The minimum Gasteiger partial charge on any atom is -0.302 e. The van der Waals surface area contributed by atoms with Crippen LogP contribution in [-0.4, -0.2) is 11.3 Å². The van der Waals surface area contributed by atoms with E-state index in [9.17, 15) is 4.79 Å². The molecule has 2 nitrogen and oxygen atoms in total. The van der Waals surface area contributed by atoms with Gasteiger partial charge in [0.25, 0.3) is 0 Å². The van der Waals surface area contributed by atoms with E-state index in [0.717, 1.165) is 29.0 Å². The number of aromatic nitrogens is 1. The summed E-state index contributed by atoms with van der Waals surface area (Å²) in [6.07, 6.45) is 4.93. The van der Waals surface area contributed by atoms with Crippen LogP contribution in [0.15, 0.2) is 6.20 Å². The van der Waals surface area contributed by atoms with Crippen molar-refractivity contribution in [1.29, 1.82) is 0 Å². The fraction of sp³-hybridized carbons (Fsp3) is 0.500. The van der Waals surface area contributed by atoms with E-state index in [2.05, 4.69) is 4.98 Å². The van der Waals surface area contributed by atoms with Gasteiger partial charge >= 0.3 is 0 Å². The fourth-order valence-corrected chi connectivity index (χ4v) is 2.13. The first kappa shape index (κ1) is 6.98. The molecule has 0 radical (unpaired) electrons. The van der Waals surface area contributed by atoms with Crippen LogP contribution in [0, 0.1) is 6.92 Å². The molecule has 0 unspecified atom stereocenters. The molecule has 1 aliphatic carbocycles. The lowest BCUT2D eigenvalue weighted by atomic mass is 10.1. The molecule has 2 rings (SSSR count). The zero-order chi connectivity index (χ0) is 7.90. The predicted octanol–water partition coefficient (Wildman–Crippen LogP) is 1.68. The molecular formula is C8H9NOS. The van der Waals surface area contributed by atoms with E-state index in [1.165, 1.54) is 0 Å². The van der Waals surface area contributed by atoms with E-state index in [1.54, 1.807) is 11.3 Å². The molecule has 0 aliphatic heterocycles. The van der Waals surface area contributed by atoms with Crippen molar-refractivity contribution in [2.24, 2.45) is 0 Å². The SMILES string of the molecule is Cc1ncc(C2(C=O)CC2)s1. The lowest BCUT2D eigenvalue weighted by Crippen LogP contribution is -2.04. The monoisotopic (exact) mass is 167 g/mol. The molecule has 11 heavy (non-hydrogen) atoms. The molecule has 0 amide bonds. The minimum absolute atomic E-state index is 0.119. The minimum atomic E-state index is -0.119. The Hall–Kier alpha value is -0.700. The quantitative estimate of drug-likeness (QED) is 0.627. The average Bonchev–Trinajstić information content (AvgIpc) is 2.70. The van der Waals surface area contributed by atoms with Crippen LogP contribution in [0.2, 0.25) is 0 Å². The molecule has 58 valence electrons. The lowest BCUT2D eigenvalue weighted by Gasteiger charge is -1.98. The van der Waals surface area contributed by atoms with Gasteiger partial charge < -0.3 is 4.79 Å². The van der Waals surface area contributed by atoms with Crippen molar-refractivity contribution in [2.75, 3.05) is 0 Å². The molecule has 0 bridgehead atoms. The van der Waals surface area contributed by atoms with Crippen LogP contribution < -0.4 is 0 Å². The third-order valence-electron chi connectivity index (χ3n) is 2.13. The molecule has 1 aliphatic rings. The highest BCUT2D eigenvalue weighted by atomic mass is 32.1. The molecule has 0 aromatic carbocycles. The van der Waals surface area contributed by atoms with Crippen molar-refractivity contribution in [2.45, 2.75) is 25.2 Å². The maximum absolute atomic E-state index is 10.7. The Morgan fingerprint density at radius 3 is 2.82 bits per heavy atom. The molecule has 3 heteroatoms. The van der Waals surface area contributed by atoms with Gasteiger partial charge in [-0.05, 0) is 19.8 Å². The van der Waals surface area contributed by atoms with Crippen molar-refractivity contribution < 1.29 is 4.79 Å². The van der Waals surface area contributed by atoms with Gasteiger partial charge in [-0.25, -0.2) is 4.98 Å². The largest absolute Gasteiger partial charge is 0.302 e. The van der Waals surface area contributed by atoms with Crippen molar-refractivity contribution in [3.8, 4) is 0 Å². The third-order valence-corrected chi connectivity index (χ3v) is 3.26. The van der Waals surface area contributed by atoms with Crippen LogP contribution in [0.1, 0.15) is 22.7 Å². The first-order chi connectivity index (χ1) is 5.27. The molecule has 0 saturated heterocycles. The van der Waals surface area contributed by atoms with Crippen molar-refractivity contribution in [1.82, 2.24) is 4.98 Å². The molecule has 1 aromatic heterocycles. The molecule has 1 saturated carbocycles. The van der Waals surface area contributed by atoms with Crippen molar-refractivity contribution in [3.05, 3.63) is 16.1 Å². The number of aldehydes is 1. The topological polar surface area (TPSA) is 30.0 Å². The summed E-state index contributed by atoms with van der Waals surface area (Å²) in [5.41, 5.74) is -0.119. The first-order valence-corrected chi connectivity index (χ1v) is 4.48. The van der Waals surface area contributed by atoms with E-state index in [4.69, 9.17) is 0 Å². The Bertz CT molecular complexity index is 288. The second-order valence-electron chi connectivity index (χ2n) is 3.02. The number of nitrogens with zero attached hydrogens (tertiary/aromatic N) is 1. The van der Waals surface area contributed by atoms with Crippen LogP contribution in [0.3, 0.4) is 0 Å². The molecule has 0 atom stereocenters. The zero-order valence-corrected chi connectivity index (χ0v) is 7.15. The normalized spacial score (nSPS) is 19.7. The fourth-order valence-electron chi connectivity index (χ4n) is 1.15. The summed E-state index contributed by atoms with van der Waals surface area (Å²) >= 11 is 1.64. The van der Waals surface area contributed by atoms with E-state index < -0.39 is 0 Å². The highest BCUT2D eigenvalue weighted by Gasteiger charge is 2.45. The summed E-state index contributed by atoms with van der Waals surface area (Å²) < 4.78 is 0. The molecule has 1 heterocycles. The van der Waals surface area contributed by atoms with Crippen LogP contribution in [0.4, 0.5) is 0 Å². The highest BCUT2D eigenvalue weighted by molar-refractivity contribution is 7.11. The van der Waals surface area contributed by atoms with Gasteiger partial charge in [0, 0.05) is 11.1 Å². The number of hydrogen-bond acceptors (Lipinski definition) is 3. The highest BCUT2D eigenvalue weighted by Crippen LogP contribution is 2.48. The van der Waals surface area contributed by atoms with Gasteiger partial charge in [-0.2, -0.15) is 0 Å². The van der Waals surface area contributed by atoms with Gasteiger partial charge in [-0.3, -0.25) is 0 Å². The standard InChI is InChI=1S/C8H9NOS/c1-6-9-4-7(11-6)8(5-10)2-3-8/h4-5H,2-3H2,1H3. The average molecular weight is 167 g/mol. The Labute approximate surface area is 69.3 Å². The molecule has 1 aromatic rings. The second kappa shape index (κ2) is 2.14. The summed E-state index contributed by atoms with van der Waals surface area (Å²) in [5.74, 6) is 0. The number of aryl methyl sites for hydroxylation is 1. The predicted molar refractivity (Wildman–Crippen MR) is 43.8 cm³/mol. The smallest absolute Gasteiger partial charge is 0.131 e. The second-order valence-corrected chi connectivity index (χ2v) is 4.25. The zero-order valence-electron chi connectivity index (χ0n) is 6.33. The van der Waals surface area contributed by atoms with Gasteiger partial charge in [0.2, 0.25) is 0 Å². The number of hydrogen-bond donors (Lipinski definition) is 0. The summed E-state index contributed by atoms with van der Waals surface area (Å²) in [7, 11) is 0. The van der Waals surface area contributed by atoms with Gasteiger partial charge in [-0.15, -0.1) is 11.3 Å². The van der Waals surface area contributed by atoms with Crippen molar-refractivity contribution in [3.63, 3.8) is 0 Å². The van der Waals surface area contributed by atoms with Crippen LogP contribution in [0.5, 0.6) is 0 Å². The van der Waals surface area contributed by atoms with Crippen LogP contribution in [0.25, 0.3) is 0 Å². The summed E-state index contributed by atoms with van der Waals surface area (Å²) in [5, 5.41) is 1.05. The van der Waals surface area contributed by atoms with Gasteiger partial charge in [0.1, 0.15) is 6.29 Å². The number of carbonyl (C=O) groups is 1. The van der Waals surface area contributed by atoms with Crippen LogP contribution in [-0.2, 0) is 10.2 Å². The molecular weight excluding hydrogens is 158 g/mol. The van der Waals surface area contributed by atoms with E-state index in [1.807, 2.05) is 13.1 Å². The van der Waals surface area contributed by atoms with E-state index >= 15 is 0 Å². The number of thiazole rings is 1. The lowest BCUT2D eigenvalue weighted by molar-refractivity contribution is -0.109. The molecule has 1 fully saturated rings. The third kappa shape index (κ3) is 0.997. The Kier molecular flexibility index (Phi) is 1.36. The van der Waals surface area contributed by atoms with Gasteiger partial charge in [0.15, 0.2) is 0 Å². The maximum Gasteiger partial charge on any atom is 0.131 e. The Balaban J connectivity index is 2.36. The Morgan fingerprint density at radius 2 is 2.45 bits per heavy atom. The maximum atomic E-state index is 10.7. The molecule has 0 spiro atoms. The van der Waals surface area contributed by atoms with E-state index in [0.29, 0.717) is 0 Å². The van der Waals surface area contributed by atoms with Crippen molar-refractivity contribution >= 4 is 17.6 Å². The van der Waals surface area contributed by atoms with Gasteiger partial charge in [0.05, 0.1) is 10.4 Å². The summed E-state index contributed by atoms with van der Waals surface area (Å²) in [4.78, 5) is 16.0. The Morgan fingerprint density at radius 1 is 1.73 bits per heavy atom. The van der Waals surface area contributed by atoms with Gasteiger partial charge in [-0.1, -0.05) is 0 Å². The summed E-state index contributed by atoms with van der Waals surface area (Å²) in [6.45, 7) is 1.97. The number of rotatable bonds is 2. The van der Waals surface area contributed by atoms with E-state index in [-0.39, 0.29) is 5.41 Å². The summed E-state index contributed by atoms with van der Waals surface area (Å²) in [6, 6.07) is 0.